The van der Waals surface area contributed by atoms with Gasteiger partial charge in [0, 0.05) is 12.7 Å². The van der Waals surface area contributed by atoms with E-state index in [0.29, 0.717) is 24.0 Å². The SMILES string of the molecule is O=C(O)/C=C/CCSC[C@H]1[C@@H](CCO)[C@H]2CC[C@@H]1O2. The van der Waals surface area contributed by atoms with Gasteiger partial charge in [0.1, 0.15) is 0 Å². The molecule has 2 fully saturated rings. The van der Waals surface area contributed by atoms with E-state index >= 15 is 0 Å². The zero-order valence-corrected chi connectivity index (χ0v) is 11.8. The lowest BCUT2D eigenvalue weighted by Gasteiger charge is -2.27. The van der Waals surface area contributed by atoms with Crippen LogP contribution in [0.3, 0.4) is 0 Å². The van der Waals surface area contributed by atoms with E-state index in [0.717, 1.165) is 37.2 Å². The average molecular weight is 286 g/mol. The molecule has 0 aromatic carbocycles. The van der Waals surface area contributed by atoms with Crippen LogP contribution in [-0.4, -0.2) is 46.5 Å². The second-order valence-corrected chi connectivity index (χ2v) is 6.38. The van der Waals surface area contributed by atoms with Crippen molar-refractivity contribution in [1.29, 1.82) is 0 Å². The van der Waals surface area contributed by atoms with Crippen LogP contribution in [0.15, 0.2) is 12.2 Å². The molecule has 0 amide bonds. The average Bonchev–Trinajstić information content (AvgIpc) is 2.95. The molecule has 0 aliphatic carbocycles. The molecular weight excluding hydrogens is 264 g/mol. The lowest BCUT2D eigenvalue weighted by atomic mass is 9.79. The van der Waals surface area contributed by atoms with Gasteiger partial charge in [0.15, 0.2) is 0 Å². The molecule has 0 aromatic rings. The smallest absolute Gasteiger partial charge is 0.327 e. The van der Waals surface area contributed by atoms with Crippen LogP contribution in [0.1, 0.15) is 25.7 Å². The Bertz CT molecular complexity index is 331. The van der Waals surface area contributed by atoms with Crippen LogP contribution in [0.5, 0.6) is 0 Å². The maximum Gasteiger partial charge on any atom is 0.327 e. The summed E-state index contributed by atoms with van der Waals surface area (Å²) < 4.78 is 5.94. The van der Waals surface area contributed by atoms with Gasteiger partial charge in [-0.1, -0.05) is 6.08 Å². The molecule has 0 unspecified atom stereocenters. The monoisotopic (exact) mass is 286 g/mol. The molecule has 2 heterocycles. The van der Waals surface area contributed by atoms with Gasteiger partial charge >= 0.3 is 5.97 Å². The highest BCUT2D eigenvalue weighted by Gasteiger charge is 2.47. The molecule has 0 radical (unpaired) electrons. The number of thioether (sulfide) groups is 1. The van der Waals surface area contributed by atoms with Crippen LogP contribution in [-0.2, 0) is 9.53 Å². The summed E-state index contributed by atoms with van der Waals surface area (Å²) in [5, 5.41) is 17.6. The molecule has 2 aliphatic rings. The van der Waals surface area contributed by atoms with E-state index in [4.69, 9.17) is 14.9 Å². The second kappa shape index (κ2) is 7.31. The van der Waals surface area contributed by atoms with E-state index in [1.165, 1.54) is 6.08 Å². The highest BCUT2D eigenvalue weighted by Crippen LogP contribution is 2.46. The van der Waals surface area contributed by atoms with Crippen LogP contribution in [0.2, 0.25) is 0 Å². The van der Waals surface area contributed by atoms with Gasteiger partial charge in [-0.25, -0.2) is 4.79 Å². The summed E-state index contributed by atoms with van der Waals surface area (Å²) in [5.74, 6) is 2.22. The Hall–Kier alpha value is -0.520. The van der Waals surface area contributed by atoms with Gasteiger partial charge in [-0.05, 0) is 49.0 Å². The summed E-state index contributed by atoms with van der Waals surface area (Å²) in [5.41, 5.74) is 0. The van der Waals surface area contributed by atoms with Crippen molar-refractivity contribution < 1.29 is 19.7 Å². The number of allylic oxidation sites excluding steroid dienone is 1. The zero-order chi connectivity index (χ0) is 13.7. The van der Waals surface area contributed by atoms with E-state index < -0.39 is 5.97 Å². The van der Waals surface area contributed by atoms with Crippen molar-refractivity contribution in [1.82, 2.24) is 0 Å². The Labute approximate surface area is 118 Å². The van der Waals surface area contributed by atoms with Crippen molar-refractivity contribution in [2.24, 2.45) is 11.8 Å². The maximum atomic E-state index is 10.3. The quantitative estimate of drug-likeness (QED) is 0.527. The number of carboxylic acid groups (broad SMARTS) is 1. The van der Waals surface area contributed by atoms with Crippen molar-refractivity contribution in [3.8, 4) is 0 Å². The largest absolute Gasteiger partial charge is 0.478 e. The van der Waals surface area contributed by atoms with Crippen molar-refractivity contribution in [2.75, 3.05) is 18.1 Å². The highest BCUT2D eigenvalue weighted by molar-refractivity contribution is 7.99. The van der Waals surface area contributed by atoms with Gasteiger partial charge < -0.3 is 14.9 Å². The Kier molecular flexibility index (Phi) is 5.73. The van der Waals surface area contributed by atoms with E-state index in [1.54, 1.807) is 6.08 Å². The first-order chi connectivity index (χ1) is 9.22. The molecule has 2 rings (SSSR count). The molecule has 2 aliphatic heterocycles. The van der Waals surface area contributed by atoms with Crippen LogP contribution in [0.4, 0.5) is 0 Å². The van der Waals surface area contributed by atoms with E-state index in [2.05, 4.69) is 0 Å². The van der Waals surface area contributed by atoms with Gasteiger partial charge in [-0.3, -0.25) is 0 Å². The predicted molar refractivity (Wildman–Crippen MR) is 75.3 cm³/mol. The molecule has 19 heavy (non-hydrogen) atoms. The highest BCUT2D eigenvalue weighted by atomic mass is 32.2. The third kappa shape index (κ3) is 3.97. The minimum atomic E-state index is -0.880. The molecule has 2 N–H and O–H groups in total. The number of aliphatic hydroxyl groups is 1. The second-order valence-electron chi connectivity index (χ2n) is 5.23. The third-order valence-electron chi connectivity index (χ3n) is 4.05. The summed E-state index contributed by atoms with van der Waals surface area (Å²) in [6.45, 7) is 0.250. The topological polar surface area (TPSA) is 66.8 Å². The first-order valence-corrected chi connectivity index (χ1v) is 8.11. The Balaban J connectivity index is 1.68. The fourth-order valence-electron chi connectivity index (χ4n) is 3.21. The zero-order valence-electron chi connectivity index (χ0n) is 11.0. The maximum absolute atomic E-state index is 10.3. The molecule has 4 nitrogen and oxygen atoms in total. The van der Waals surface area contributed by atoms with Crippen LogP contribution < -0.4 is 0 Å². The number of ether oxygens (including phenoxy) is 1. The Morgan fingerprint density at radius 1 is 1.32 bits per heavy atom. The van der Waals surface area contributed by atoms with Gasteiger partial charge in [0.25, 0.3) is 0 Å². The van der Waals surface area contributed by atoms with Gasteiger partial charge in [-0.2, -0.15) is 11.8 Å². The molecule has 0 saturated carbocycles. The van der Waals surface area contributed by atoms with Crippen molar-refractivity contribution in [3.05, 3.63) is 12.2 Å². The van der Waals surface area contributed by atoms with E-state index in [1.807, 2.05) is 11.8 Å². The van der Waals surface area contributed by atoms with Gasteiger partial charge in [0.2, 0.25) is 0 Å². The first-order valence-electron chi connectivity index (χ1n) is 6.96. The van der Waals surface area contributed by atoms with Crippen molar-refractivity contribution >= 4 is 17.7 Å². The lowest BCUT2D eigenvalue weighted by Crippen LogP contribution is -2.29. The van der Waals surface area contributed by atoms with E-state index in [-0.39, 0.29) is 6.61 Å². The number of aliphatic hydroxyl groups excluding tert-OH is 1. The molecule has 0 spiro atoms. The number of hydrogen-bond donors (Lipinski definition) is 2. The third-order valence-corrected chi connectivity index (χ3v) is 5.20. The Morgan fingerprint density at radius 2 is 2.05 bits per heavy atom. The van der Waals surface area contributed by atoms with Crippen LogP contribution >= 0.6 is 11.8 Å². The molecule has 2 bridgehead atoms. The number of fused-ring (bicyclic) bond motifs is 2. The number of aliphatic carboxylic acids is 1. The summed E-state index contributed by atoms with van der Waals surface area (Å²) in [6, 6.07) is 0. The minimum absolute atomic E-state index is 0.250. The van der Waals surface area contributed by atoms with Crippen LogP contribution in [0.25, 0.3) is 0 Å². The summed E-state index contributed by atoms with van der Waals surface area (Å²) >= 11 is 1.87. The molecule has 108 valence electrons. The number of carboxylic acids is 1. The van der Waals surface area contributed by atoms with Crippen molar-refractivity contribution in [3.63, 3.8) is 0 Å². The number of carbonyl (C=O) groups is 1. The molecule has 5 heteroatoms. The molecular formula is C14H22O4S. The summed E-state index contributed by atoms with van der Waals surface area (Å²) in [7, 11) is 0. The minimum Gasteiger partial charge on any atom is -0.478 e. The number of rotatable bonds is 8. The first kappa shape index (κ1) is 14.9. The van der Waals surface area contributed by atoms with Crippen molar-refractivity contribution in [2.45, 2.75) is 37.9 Å². The molecule has 4 atom stereocenters. The molecule has 0 aromatic heterocycles. The Morgan fingerprint density at radius 3 is 2.74 bits per heavy atom. The molecule has 2 saturated heterocycles. The summed E-state index contributed by atoms with van der Waals surface area (Å²) in [4.78, 5) is 10.3. The fourth-order valence-corrected chi connectivity index (χ4v) is 4.41. The van der Waals surface area contributed by atoms with Gasteiger partial charge in [0.05, 0.1) is 12.2 Å². The summed E-state index contributed by atoms with van der Waals surface area (Å²) in [6.07, 6.45) is 7.63. The van der Waals surface area contributed by atoms with E-state index in [9.17, 15) is 4.79 Å². The van der Waals surface area contributed by atoms with Crippen LogP contribution in [0, 0.1) is 11.8 Å². The fraction of sp³-hybridized carbons (Fsp3) is 0.786. The standard InChI is InChI=1S/C14H22O4S/c15-7-6-10-11(13-5-4-12(10)18-13)9-19-8-2-1-3-14(16)17/h1,3,10-13,15H,2,4-9H2,(H,16,17)/b3-1+/t10-,11+,12-,13+/m1/s1. The lowest BCUT2D eigenvalue weighted by molar-refractivity contribution is -0.131. The normalized spacial score (nSPS) is 33.3. The number of hydrogen-bond acceptors (Lipinski definition) is 4. The predicted octanol–water partition coefficient (Wildman–Crippen LogP) is 1.93. The van der Waals surface area contributed by atoms with Gasteiger partial charge in [-0.15, -0.1) is 0 Å².